The van der Waals surface area contributed by atoms with Gasteiger partial charge in [0.1, 0.15) is 0 Å². The van der Waals surface area contributed by atoms with E-state index in [0.29, 0.717) is 12.0 Å². The molecule has 2 heterocycles. The van der Waals surface area contributed by atoms with Crippen molar-refractivity contribution in [2.45, 2.75) is 36.2 Å². The van der Waals surface area contributed by atoms with Crippen molar-refractivity contribution in [1.29, 1.82) is 0 Å². The first-order chi connectivity index (χ1) is 9.48. The molecule has 2 N–H and O–H groups in total. The predicted octanol–water partition coefficient (Wildman–Crippen LogP) is 1.91. The molecule has 0 aliphatic carbocycles. The van der Waals surface area contributed by atoms with Gasteiger partial charge in [-0.2, -0.15) is 0 Å². The van der Waals surface area contributed by atoms with Crippen LogP contribution in [0.25, 0.3) is 5.57 Å². The number of rotatable bonds is 2. The standard InChI is InChI=1S/C15H17NO3S/c16-15(17)11-6-4-10(5-7-11)12-8-13-2-1-3-14(9-12)20(13,18)19/h4-8,13-14H,1-3,9H2,(H2,16,17). The summed E-state index contributed by atoms with van der Waals surface area (Å²) in [7, 11) is -2.98. The first-order valence-corrected chi connectivity index (χ1v) is 8.43. The molecular formula is C15H17NO3S. The second-order valence-electron chi connectivity index (χ2n) is 5.52. The molecule has 1 amide bonds. The first kappa shape index (κ1) is 13.4. The Morgan fingerprint density at radius 3 is 2.45 bits per heavy atom. The Labute approximate surface area is 118 Å². The van der Waals surface area contributed by atoms with Crippen LogP contribution in [0.1, 0.15) is 41.6 Å². The molecule has 2 bridgehead atoms. The number of hydrogen-bond acceptors (Lipinski definition) is 3. The van der Waals surface area contributed by atoms with Gasteiger partial charge >= 0.3 is 0 Å². The highest BCUT2D eigenvalue weighted by atomic mass is 32.2. The number of sulfone groups is 1. The molecule has 106 valence electrons. The highest BCUT2D eigenvalue weighted by molar-refractivity contribution is 7.93. The molecule has 1 aromatic carbocycles. The molecule has 20 heavy (non-hydrogen) atoms. The van der Waals surface area contributed by atoms with Crippen LogP contribution in [-0.4, -0.2) is 24.8 Å². The van der Waals surface area contributed by atoms with Crippen LogP contribution in [0.4, 0.5) is 0 Å². The summed E-state index contributed by atoms with van der Waals surface area (Å²) in [5.41, 5.74) is 7.75. The molecule has 3 rings (SSSR count). The van der Waals surface area contributed by atoms with Crippen molar-refractivity contribution in [2.24, 2.45) is 5.73 Å². The average Bonchev–Trinajstić information content (AvgIpc) is 2.37. The minimum Gasteiger partial charge on any atom is -0.366 e. The Morgan fingerprint density at radius 1 is 1.15 bits per heavy atom. The third-order valence-electron chi connectivity index (χ3n) is 4.28. The molecule has 0 spiro atoms. The van der Waals surface area contributed by atoms with E-state index in [0.717, 1.165) is 30.4 Å². The molecular weight excluding hydrogens is 274 g/mol. The van der Waals surface area contributed by atoms with Crippen LogP contribution >= 0.6 is 0 Å². The Bertz CT molecular complexity index is 674. The predicted molar refractivity (Wildman–Crippen MR) is 77.9 cm³/mol. The summed E-state index contributed by atoms with van der Waals surface area (Å²) in [5.74, 6) is -0.450. The molecule has 1 fully saturated rings. The minimum absolute atomic E-state index is 0.239. The lowest BCUT2D eigenvalue weighted by molar-refractivity contribution is 0.100. The molecule has 1 aromatic rings. The molecule has 2 aliphatic heterocycles. The van der Waals surface area contributed by atoms with E-state index >= 15 is 0 Å². The summed E-state index contributed by atoms with van der Waals surface area (Å²) in [6, 6.07) is 7.08. The molecule has 2 aliphatic rings. The molecule has 4 nitrogen and oxygen atoms in total. The van der Waals surface area contributed by atoms with Crippen LogP contribution in [0.5, 0.6) is 0 Å². The number of carbonyl (C=O) groups excluding carboxylic acids is 1. The maximum atomic E-state index is 12.2. The Morgan fingerprint density at radius 2 is 1.85 bits per heavy atom. The van der Waals surface area contributed by atoms with Crippen LogP contribution in [-0.2, 0) is 9.84 Å². The van der Waals surface area contributed by atoms with Crippen molar-refractivity contribution in [3.8, 4) is 0 Å². The number of amides is 1. The number of carbonyl (C=O) groups is 1. The fourth-order valence-electron chi connectivity index (χ4n) is 3.12. The zero-order valence-corrected chi connectivity index (χ0v) is 11.9. The zero-order valence-electron chi connectivity index (χ0n) is 11.1. The monoisotopic (exact) mass is 291 g/mol. The molecule has 2 atom stereocenters. The average molecular weight is 291 g/mol. The second kappa shape index (κ2) is 4.74. The highest BCUT2D eigenvalue weighted by Crippen LogP contribution is 2.39. The number of fused-ring (bicyclic) bond motifs is 2. The Kier molecular flexibility index (Phi) is 3.17. The van der Waals surface area contributed by atoms with Gasteiger partial charge in [-0.1, -0.05) is 24.6 Å². The van der Waals surface area contributed by atoms with E-state index in [2.05, 4.69) is 0 Å². The van der Waals surface area contributed by atoms with Gasteiger partial charge in [-0.25, -0.2) is 8.42 Å². The number of nitrogens with two attached hydrogens (primary N) is 1. The Hall–Kier alpha value is -1.62. The highest BCUT2D eigenvalue weighted by Gasteiger charge is 2.40. The van der Waals surface area contributed by atoms with Gasteiger partial charge in [-0.3, -0.25) is 4.79 Å². The first-order valence-electron chi connectivity index (χ1n) is 6.82. The lowest BCUT2D eigenvalue weighted by atomic mass is 9.93. The van der Waals surface area contributed by atoms with Gasteiger partial charge in [0.05, 0.1) is 10.5 Å². The lowest BCUT2D eigenvalue weighted by Crippen LogP contribution is -2.38. The van der Waals surface area contributed by atoms with E-state index in [1.165, 1.54) is 0 Å². The molecule has 0 radical (unpaired) electrons. The SMILES string of the molecule is NC(=O)c1ccc(C2=CC3CCCC(C2)S3(=O)=O)cc1. The molecule has 2 unspecified atom stereocenters. The van der Waals surface area contributed by atoms with Gasteiger partial charge in [0.15, 0.2) is 9.84 Å². The van der Waals surface area contributed by atoms with E-state index in [9.17, 15) is 13.2 Å². The quantitative estimate of drug-likeness (QED) is 0.904. The van der Waals surface area contributed by atoms with Crippen LogP contribution in [0, 0.1) is 0 Å². The van der Waals surface area contributed by atoms with Gasteiger partial charge in [0.25, 0.3) is 0 Å². The number of benzene rings is 1. The van der Waals surface area contributed by atoms with Crippen molar-refractivity contribution in [3.05, 3.63) is 41.5 Å². The van der Waals surface area contributed by atoms with Crippen LogP contribution in [0.3, 0.4) is 0 Å². The fourth-order valence-corrected chi connectivity index (χ4v) is 5.37. The van der Waals surface area contributed by atoms with E-state index in [1.54, 1.807) is 12.1 Å². The summed E-state index contributed by atoms with van der Waals surface area (Å²) in [4.78, 5) is 11.1. The van der Waals surface area contributed by atoms with Gasteiger partial charge < -0.3 is 5.73 Å². The molecule has 1 saturated heterocycles. The molecule has 5 heteroatoms. The summed E-state index contributed by atoms with van der Waals surface area (Å²) in [6.07, 6.45) is 4.94. The zero-order chi connectivity index (χ0) is 14.3. The van der Waals surface area contributed by atoms with Gasteiger partial charge in [0, 0.05) is 5.56 Å². The maximum Gasteiger partial charge on any atom is 0.248 e. The van der Waals surface area contributed by atoms with E-state index in [-0.39, 0.29) is 10.5 Å². The molecule has 0 aromatic heterocycles. The maximum absolute atomic E-state index is 12.2. The molecule has 0 saturated carbocycles. The third kappa shape index (κ3) is 2.16. The van der Waals surface area contributed by atoms with Crippen molar-refractivity contribution in [1.82, 2.24) is 0 Å². The van der Waals surface area contributed by atoms with Crippen molar-refractivity contribution in [2.75, 3.05) is 0 Å². The van der Waals surface area contributed by atoms with Crippen molar-refractivity contribution >= 4 is 21.3 Å². The van der Waals surface area contributed by atoms with Gasteiger partial charge in [-0.15, -0.1) is 0 Å². The van der Waals surface area contributed by atoms with E-state index in [1.807, 2.05) is 18.2 Å². The third-order valence-corrected chi connectivity index (χ3v) is 6.82. The summed E-state index contributed by atoms with van der Waals surface area (Å²) < 4.78 is 24.4. The number of hydrogen-bond donors (Lipinski definition) is 1. The van der Waals surface area contributed by atoms with Crippen LogP contribution < -0.4 is 5.73 Å². The fraction of sp³-hybridized carbons (Fsp3) is 0.400. The summed E-state index contributed by atoms with van der Waals surface area (Å²) >= 11 is 0. The van der Waals surface area contributed by atoms with Gasteiger partial charge in [0.2, 0.25) is 5.91 Å². The Balaban J connectivity index is 1.95. The minimum atomic E-state index is -2.98. The lowest BCUT2D eigenvalue weighted by Gasteiger charge is -2.33. The smallest absolute Gasteiger partial charge is 0.248 e. The number of primary amides is 1. The van der Waals surface area contributed by atoms with Crippen molar-refractivity contribution in [3.63, 3.8) is 0 Å². The number of allylic oxidation sites excluding steroid dienone is 1. The second-order valence-corrected chi connectivity index (χ2v) is 7.97. The van der Waals surface area contributed by atoms with Crippen LogP contribution in [0.15, 0.2) is 30.3 Å². The van der Waals surface area contributed by atoms with Crippen LogP contribution in [0.2, 0.25) is 0 Å². The van der Waals surface area contributed by atoms with E-state index < -0.39 is 15.7 Å². The normalized spacial score (nSPS) is 27.7. The van der Waals surface area contributed by atoms with Crippen molar-refractivity contribution < 1.29 is 13.2 Å². The topological polar surface area (TPSA) is 77.2 Å². The summed E-state index contributed by atoms with van der Waals surface area (Å²) in [6.45, 7) is 0. The van der Waals surface area contributed by atoms with E-state index in [4.69, 9.17) is 5.73 Å². The summed E-state index contributed by atoms with van der Waals surface area (Å²) in [5, 5.41) is -0.571. The van der Waals surface area contributed by atoms with Gasteiger partial charge in [-0.05, 0) is 42.5 Å². The largest absolute Gasteiger partial charge is 0.366 e.